The number of H-pyrrole nitrogens is 2. The Balaban J connectivity index is 1.56. The molecule has 0 unspecified atom stereocenters. The van der Waals surface area contributed by atoms with E-state index in [0.717, 1.165) is 5.56 Å². The zero-order valence-electron chi connectivity index (χ0n) is 28.0. The molecule has 1 aliphatic rings. The molecule has 0 aliphatic carbocycles. The lowest BCUT2D eigenvalue weighted by molar-refractivity contribution is -0.123. The molecule has 0 spiro atoms. The lowest BCUT2D eigenvalue weighted by atomic mass is 10.0. The highest BCUT2D eigenvalue weighted by molar-refractivity contribution is 7.09. The van der Waals surface area contributed by atoms with Crippen LogP contribution in [0.3, 0.4) is 0 Å². The quantitative estimate of drug-likeness (QED) is 0.199. The third-order valence-electron chi connectivity index (χ3n) is 7.99. The molecule has 17 heteroatoms. The highest BCUT2D eigenvalue weighted by atomic mass is 32.1. The summed E-state index contributed by atoms with van der Waals surface area (Å²) in [5.74, 6) is -1.52. The van der Waals surface area contributed by atoms with Crippen molar-refractivity contribution in [2.75, 3.05) is 13.1 Å². The molecule has 1 aliphatic heterocycles. The van der Waals surface area contributed by atoms with Crippen LogP contribution in [0.5, 0.6) is 0 Å². The van der Waals surface area contributed by atoms with Gasteiger partial charge < -0.3 is 20.9 Å². The Morgan fingerprint density at radius 2 is 1.69 bits per heavy atom. The second kappa shape index (κ2) is 15.4. The number of aromatic nitrogens is 7. The topological polar surface area (TPSA) is 213 Å². The van der Waals surface area contributed by atoms with Crippen LogP contribution in [0.1, 0.15) is 89.5 Å². The molecule has 0 radical (unpaired) electrons. The van der Waals surface area contributed by atoms with Gasteiger partial charge in [-0.3, -0.25) is 24.2 Å². The van der Waals surface area contributed by atoms with E-state index >= 15 is 0 Å². The smallest absolute Gasteiger partial charge is 0.341 e. The number of aromatic amines is 2. The van der Waals surface area contributed by atoms with Gasteiger partial charge in [-0.05, 0) is 37.2 Å². The number of carbonyl (C=O) groups is 4. The summed E-state index contributed by atoms with van der Waals surface area (Å²) in [6.07, 6.45) is 0.890. The maximum absolute atomic E-state index is 13.7. The van der Waals surface area contributed by atoms with E-state index in [2.05, 4.69) is 46.2 Å². The summed E-state index contributed by atoms with van der Waals surface area (Å²) in [6, 6.07) is 7.78. The number of carbonyl (C=O) groups excluding carboxylic acids is 4. The molecule has 0 saturated carbocycles. The average Bonchev–Trinajstić information content (AvgIpc) is 3.79. The van der Waals surface area contributed by atoms with Gasteiger partial charge in [-0.2, -0.15) is 5.10 Å². The number of benzene rings is 1. The molecule has 2 bridgehead atoms. The minimum absolute atomic E-state index is 0.0588. The minimum Gasteiger partial charge on any atom is -0.350 e. The Kier molecular flexibility index (Phi) is 11.0. The SMILES string of the molecule is Cc1nc2n(n1)CC(=O)N[C@@H](C(C)C)CN(C(=O)c1n[nH]c(=O)[nH]1)CC(=O)N[C@@H](CC(C)C)c1nc(cs1)C(=O)N[C@H]2Cc1ccccc1. The van der Waals surface area contributed by atoms with Gasteiger partial charge in [0, 0.05) is 18.0 Å². The van der Waals surface area contributed by atoms with Gasteiger partial charge >= 0.3 is 5.69 Å². The summed E-state index contributed by atoms with van der Waals surface area (Å²) >= 11 is 1.25. The number of aryl methyl sites for hydroxylation is 1. The van der Waals surface area contributed by atoms with Crippen LogP contribution < -0.4 is 21.6 Å². The van der Waals surface area contributed by atoms with E-state index in [4.69, 9.17) is 0 Å². The molecule has 0 saturated heterocycles. The van der Waals surface area contributed by atoms with Crippen LogP contribution in [0.25, 0.3) is 0 Å². The molecule has 0 fully saturated rings. The normalized spacial score (nSPS) is 19.5. The minimum atomic E-state index is -0.700. The van der Waals surface area contributed by atoms with Gasteiger partial charge in [0.1, 0.15) is 29.6 Å². The van der Waals surface area contributed by atoms with E-state index in [-0.39, 0.29) is 36.4 Å². The Morgan fingerprint density at radius 3 is 2.37 bits per heavy atom. The number of fused-ring (bicyclic) bond motifs is 3. The molecular formula is C32H41N11O5S. The van der Waals surface area contributed by atoms with Crippen molar-refractivity contribution in [1.82, 2.24) is 55.8 Å². The molecule has 5 N–H and O–H groups in total. The van der Waals surface area contributed by atoms with Crippen LogP contribution in [0.4, 0.5) is 0 Å². The fourth-order valence-corrected chi connectivity index (χ4v) is 6.44. The van der Waals surface area contributed by atoms with Crippen LogP contribution in [0.2, 0.25) is 0 Å². The largest absolute Gasteiger partial charge is 0.350 e. The third-order valence-corrected chi connectivity index (χ3v) is 8.95. The maximum atomic E-state index is 13.7. The zero-order chi connectivity index (χ0) is 35.2. The Morgan fingerprint density at radius 1 is 0.959 bits per heavy atom. The van der Waals surface area contributed by atoms with Gasteiger partial charge in [-0.25, -0.2) is 24.5 Å². The molecule has 49 heavy (non-hydrogen) atoms. The summed E-state index contributed by atoms with van der Waals surface area (Å²) in [5, 5.41) is 21.6. The first kappa shape index (κ1) is 35.1. The van der Waals surface area contributed by atoms with Crippen LogP contribution in [-0.2, 0) is 22.6 Å². The average molecular weight is 692 g/mol. The monoisotopic (exact) mass is 691 g/mol. The molecule has 3 aromatic heterocycles. The molecule has 1 aromatic carbocycles. The van der Waals surface area contributed by atoms with Gasteiger partial charge in [-0.1, -0.05) is 58.0 Å². The standard InChI is InChI=1S/C32H41N11O5S/c1-17(2)11-22-30-37-24(16-49-30)29(46)36-21(12-20-9-7-6-8-10-20)28-33-19(5)41-43(28)15-26(45)35-23(18(3)4)13-42(14-25(44)34-22)31(47)27-38-32(48)40-39-27/h6-10,16-18,21-23H,11-15H2,1-5H3,(H,34,44)(H,35,45)(H,36,46)(H2,38,39,40,48)/t21-,22-,23+/m0/s1. The fraction of sp³-hybridized carbons (Fsp3) is 0.469. The zero-order valence-corrected chi connectivity index (χ0v) is 28.8. The molecular weight excluding hydrogens is 650 g/mol. The molecule has 3 atom stereocenters. The van der Waals surface area contributed by atoms with Crippen molar-refractivity contribution in [3.63, 3.8) is 0 Å². The summed E-state index contributed by atoms with van der Waals surface area (Å²) in [7, 11) is 0. The fourth-order valence-electron chi connectivity index (χ4n) is 5.58. The van der Waals surface area contributed by atoms with Gasteiger partial charge in [0.15, 0.2) is 5.82 Å². The van der Waals surface area contributed by atoms with Gasteiger partial charge in [0.25, 0.3) is 11.8 Å². The number of nitrogens with zero attached hydrogens (tertiary/aromatic N) is 6. The van der Waals surface area contributed by atoms with Crippen LogP contribution in [-0.4, -0.2) is 82.6 Å². The molecule has 4 amide bonds. The number of thiazole rings is 1. The highest BCUT2D eigenvalue weighted by Gasteiger charge is 2.31. The first-order chi connectivity index (χ1) is 23.4. The van der Waals surface area contributed by atoms with Crippen LogP contribution in [0, 0.1) is 18.8 Å². The van der Waals surface area contributed by atoms with E-state index in [1.54, 1.807) is 12.3 Å². The van der Waals surface area contributed by atoms with E-state index in [9.17, 15) is 24.0 Å². The number of nitrogens with one attached hydrogen (secondary N) is 5. The van der Waals surface area contributed by atoms with Gasteiger partial charge in [-0.15, -0.1) is 16.4 Å². The molecule has 5 rings (SSSR count). The van der Waals surface area contributed by atoms with Crippen LogP contribution >= 0.6 is 11.3 Å². The first-order valence-corrected chi connectivity index (χ1v) is 17.0. The van der Waals surface area contributed by atoms with E-state index < -0.39 is 54.0 Å². The van der Waals surface area contributed by atoms with E-state index in [1.807, 2.05) is 58.0 Å². The lowest BCUT2D eigenvalue weighted by Crippen LogP contribution is -2.52. The second-order valence-electron chi connectivity index (χ2n) is 12.8. The van der Waals surface area contributed by atoms with Crippen molar-refractivity contribution in [3.8, 4) is 0 Å². The third kappa shape index (κ3) is 9.04. The highest BCUT2D eigenvalue weighted by Crippen LogP contribution is 2.26. The number of rotatable bonds is 6. The predicted octanol–water partition coefficient (Wildman–Crippen LogP) is 1.67. The Hall–Kier alpha value is -5.19. The number of amides is 4. The first-order valence-electron chi connectivity index (χ1n) is 16.1. The molecule has 4 heterocycles. The molecule has 4 aromatic rings. The number of hydrogen-bond acceptors (Lipinski definition) is 10. The summed E-state index contributed by atoms with van der Waals surface area (Å²) in [5.41, 5.74) is 0.433. The summed E-state index contributed by atoms with van der Waals surface area (Å²) in [4.78, 5) is 79.1. The number of hydrogen-bond donors (Lipinski definition) is 5. The van der Waals surface area contributed by atoms with Crippen molar-refractivity contribution in [2.45, 2.75) is 72.1 Å². The van der Waals surface area contributed by atoms with E-state index in [0.29, 0.717) is 29.5 Å². The van der Waals surface area contributed by atoms with Crippen molar-refractivity contribution in [1.29, 1.82) is 0 Å². The van der Waals surface area contributed by atoms with Crippen LogP contribution in [0.15, 0.2) is 40.5 Å². The lowest BCUT2D eigenvalue weighted by Gasteiger charge is -2.30. The Bertz CT molecular complexity index is 1840. The molecule has 16 nitrogen and oxygen atoms in total. The van der Waals surface area contributed by atoms with Crippen molar-refractivity contribution < 1.29 is 19.2 Å². The van der Waals surface area contributed by atoms with Crippen molar-refractivity contribution in [3.05, 3.63) is 79.9 Å². The second-order valence-corrected chi connectivity index (χ2v) is 13.7. The summed E-state index contributed by atoms with van der Waals surface area (Å²) < 4.78 is 1.47. The van der Waals surface area contributed by atoms with E-state index in [1.165, 1.54) is 20.9 Å². The Labute approximate surface area is 286 Å². The van der Waals surface area contributed by atoms with Gasteiger partial charge in [0.2, 0.25) is 17.6 Å². The van der Waals surface area contributed by atoms with Gasteiger partial charge in [0.05, 0.1) is 12.1 Å². The maximum Gasteiger partial charge on any atom is 0.341 e. The van der Waals surface area contributed by atoms with Crippen molar-refractivity contribution >= 4 is 35.0 Å². The predicted molar refractivity (Wildman–Crippen MR) is 179 cm³/mol. The molecule has 260 valence electrons. The van der Waals surface area contributed by atoms with Crippen molar-refractivity contribution in [2.24, 2.45) is 11.8 Å². The summed E-state index contributed by atoms with van der Waals surface area (Å²) in [6.45, 7) is 8.80.